The van der Waals surface area contributed by atoms with Gasteiger partial charge in [-0.3, -0.25) is 9.69 Å². The number of quaternary nitrogens is 1. The minimum atomic E-state index is -1.17. The first-order chi connectivity index (χ1) is 16.0. The Bertz CT molecular complexity index is 895. The molecule has 1 unspecified atom stereocenters. The SMILES string of the molecule is CC1CCCCC1.CCC1=C(C)CN(C(=O)NCCc2ccc([N+](O)(S)NC(N)=O)cc2)C1=O. The van der Waals surface area contributed by atoms with Gasteiger partial charge in [0.25, 0.3) is 5.91 Å². The maximum absolute atomic E-state index is 12.2. The highest BCUT2D eigenvalue weighted by molar-refractivity contribution is 7.79. The summed E-state index contributed by atoms with van der Waals surface area (Å²) >= 11 is 3.91. The monoisotopic (exact) mass is 492 g/mol. The Morgan fingerprint density at radius 1 is 1.21 bits per heavy atom. The van der Waals surface area contributed by atoms with E-state index in [1.165, 1.54) is 37.0 Å². The van der Waals surface area contributed by atoms with Gasteiger partial charge in [0.1, 0.15) is 12.8 Å². The van der Waals surface area contributed by atoms with Gasteiger partial charge in [-0.05, 0) is 36.8 Å². The van der Waals surface area contributed by atoms with E-state index in [0.717, 1.165) is 17.1 Å². The van der Waals surface area contributed by atoms with Crippen molar-refractivity contribution in [2.45, 2.75) is 65.7 Å². The van der Waals surface area contributed by atoms with Gasteiger partial charge in [-0.15, -0.1) is 5.43 Å². The number of nitrogens with zero attached hydrogens (tertiary/aromatic N) is 2. The fraction of sp³-hybridized carbons (Fsp3) is 0.542. The van der Waals surface area contributed by atoms with E-state index in [1.807, 2.05) is 13.8 Å². The Morgan fingerprint density at radius 3 is 2.29 bits per heavy atom. The number of benzene rings is 1. The van der Waals surface area contributed by atoms with E-state index in [9.17, 15) is 19.6 Å². The first-order valence-corrected chi connectivity index (χ1v) is 12.2. The predicted molar refractivity (Wildman–Crippen MR) is 136 cm³/mol. The molecule has 9 nitrogen and oxygen atoms in total. The molecule has 3 rings (SSSR count). The third kappa shape index (κ3) is 8.03. The molecule has 0 aromatic heterocycles. The van der Waals surface area contributed by atoms with Crippen molar-refractivity contribution >= 4 is 36.5 Å². The minimum absolute atomic E-state index is 0.232. The number of primary amides is 1. The number of carbonyl (C=O) groups is 3. The normalized spacial score (nSPS) is 18.1. The number of imide groups is 1. The molecule has 1 heterocycles. The topological polar surface area (TPSA) is 125 Å². The number of hydrogen-bond acceptors (Lipinski definition) is 5. The molecular weight excluding hydrogens is 454 g/mol. The second-order valence-electron chi connectivity index (χ2n) is 8.97. The molecule has 1 aliphatic heterocycles. The summed E-state index contributed by atoms with van der Waals surface area (Å²) in [5.41, 5.74) is 9.85. The second-order valence-corrected chi connectivity index (χ2v) is 9.55. The number of rotatable bonds is 6. The van der Waals surface area contributed by atoms with Crippen LogP contribution < -0.4 is 20.6 Å². The van der Waals surface area contributed by atoms with Crippen molar-refractivity contribution in [2.75, 3.05) is 13.1 Å². The molecule has 5 amide bonds. The van der Waals surface area contributed by atoms with E-state index in [0.29, 0.717) is 37.2 Å². The van der Waals surface area contributed by atoms with Gasteiger partial charge < -0.3 is 11.1 Å². The molecule has 1 fully saturated rings. The highest BCUT2D eigenvalue weighted by atomic mass is 32.1. The average Bonchev–Trinajstić information content (AvgIpc) is 3.07. The molecule has 10 heteroatoms. The standard InChI is InChI=1S/C17H23N5O4S.C7H14/c1-3-14-11(2)10-21(15(14)23)17(25)19-9-8-12-4-6-13(7-5-12)22(26,27)20-16(18)24;1-7-5-3-2-4-6-7/h4-7,26-27H,3,8-10H2,1-2H3,(H3-,18,19,20,24,25);7H,2-6H2,1H3/p+1. The number of urea groups is 2. The zero-order valence-electron chi connectivity index (χ0n) is 20.3. The van der Waals surface area contributed by atoms with Gasteiger partial charge in [0.2, 0.25) is 5.69 Å². The molecule has 0 bridgehead atoms. The van der Waals surface area contributed by atoms with Crippen molar-refractivity contribution in [1.29, 1.82) is 0 Å². The summed E-state index contributed by atoms with van der Waals surface area (Å²) in [6.45, 7) is 6.79. The Balaban J connectivity index is 0.000000497. The van der Waals surface area contributed by atoms with Crippen LogP contribution in [0.3, 0.4) is 0 Å². The van der Waals surface area contributed by atoms with Crippen molar-refractivity contribution < 1.29 is 19.6 Å². The number of amides is 5. The van der Waals surface area contributed by atoms with Crippen molar-refractivity contribution in [1.82, 2.24) is 19.8 Å². The van der Waals surface area contributed by atoms with Crippen molar-refractivity contribution in [3.8, 4) is 0 Å². The maximum atomic E-state index is 12.2. The lowest BCUT2D eigenvalue weighted by Gasteiger charge is -2.20. The lowest BCUT2D eigenvalue weighted by Crippen LogP contribution is -2.53. The number of hydrogen-bond donors (Lipinski definition) is 5. The van der Waals surface area contributed by atoms with Gasteiger partial charge in [-0.2, -0.15) is 5.21 Å². The molecule has 1 saturated carbocycles. The molecule has 5 N–H and O–H groups in total. The summed E-state index contributed by atoms with van der Waals surface area (Å²) < 4.78 is -1.17. The second kappa shape index (κ2) is 12.8. The Hall–Kier alpha value is -2.56. The first kappa shape index (κ1) is 27.7. The van der Waals surface area contributed by atoms with Gasteiger partial charge >= 0.3 is 12.1 Å². The third-order valence-electron chi connectivity index (χ3n) is 6.16. The number of carbonyl (C=O) groups excluding carboxylic acids is 3. The minimum Gasteiger partial charge on any atom is -0.348 e. The molecule has 188 valence electrons. The molecular formula is C24H38N5O4S+. The summed E-state index contributed by atoms with van der Waals surface area (Å²) in [6.07, 6.45) is 8.58. The van der Waals surface area contributed by atoms with E-state index in [-0.39, 0.29) is 5.91 Å². The Kier molecular flexibility index (Phi) is 10.4. The van der Waals surface area contributed by atoms with Crippen LogP contribution in [0.25, 0.3) is 0 Å². The zero-order chi connectivity index (χ0) is 25.3. The highest BCUT2D eigenvalue weighted by Gasteiger charge is 2.31. The van der Waals surface area contributed by atoms with E-state index < -0.39 is 16.2 Å². The fourth-order valence-electron chi connectivity index (χ4n) is 4.17. The molecule has 1 aliphatic carbocycles. The van der Waals surface area contributed by atoms with Crippen molar-refractivity contribution in [3.05, 3.63) is 41.0 Å². The smallest absolute Gasteiger partial charge is 0.348 e. The molecule has 1 aromatic rings. The van der Waals surface area contributed by atoms with Gasteiger partial charge in [0.15, 0.2) is 0 Å². The van der Waals surface area contributed by atoms with Gasteiger partial charge in [0, 0.05) is 28.4 Å². The largest absolute Gasteiger partial charge is 0.360 e. The molecule has 1 atom stereocenters. The average molecular weight is 493 g/mol. The van der Waals surface area contributed by atoms with Crippen molar-refractivity contribution in [2.24, 2.45) is 11.7 Å². The van der Waals surface area contributed by atoms with Crippen LogP contribution >= 0.6 is 12.8 Å². The Morgan fingerprint density at radius 2 is 1.82 bits per heavy atom. The van der Waals surface area contributed by atoms with Gasteiger partial charge in [-0.25, -0.2) is 9.59 Å². The summed E-state index contributed by atoms with van der Waals surface area (Å²) in [4.78, 5) is 36.5. The van der Waals surface area contributed by atoms with E-state index >= 15 is 0 Å². The van der Waals surface area contributed by atoms with Crippen LogP contribution in [-0.4, -0.2) is 41.2 Å². The molecule has 0 radical (unpaired) electrons. The number of nitrogens with two attached hydrogens (primary N) is 1. The van der Waals surface area contributed by atoms with Crippen LogP contribution in [0.15, 0.2) is 35.4 Å². The molecule has 0 spiro atoms. The van der Waals surface area contributed by atoms with Crippen molar-refractivity contribution in [3.63, 3.8) is 0 Å². The lowest BCUT2D eigenvalue weighted by molar-refractivity contribution is -0.123. The summed E-state index contributed by atoms with van der Waals surface area (Å²) in [5.74, 6) is 0.804. The first-order valence-electron chi connectivity index (χ1n) is 11.8. The van der Waals surface area contributed by atoms with Crippen LogP contribution in [0.5, 0.6) is 0 Å². The van der Waals surface area contributed by atoms with Gasteiger partial charge in [0.05, 0.1) is 6.54 Å². The predicted octanol–water partition coefficient (Wildman–Crippen LogP) is 4.22. The lowest BCUT2D eigenvalue weighted by atomic mass is 9.91. The van der Waals surface area contributed by atoms with Crippen LogP contribution in [0, 0.1) is 5.92 Å². The molecule has 1 aromatic carbocycles. The third-order valence-corrected chi connectivity index (χ3v) is 6.49. The summed E-state index contributed by atoms with van der Waals surface area (Å²) in [6, 6.07) is 5.27. The molecule has 0 saturated heterocycles. The fourth-order valence-corrected chi connectivity index (χ4v) is 4.40. The number of thiol groups is 1. The van der Waals surface area contributed by atoms with Crippen LogP contribution in [-0.2, 0) is 11.2 Å². The molecule has 34 heavy (non-hydrogen) atoms. The molecule has 2 aliphatic rings. The quantitative estimate of drug-likeness (QED) is 0.232. The Labute approximate surface area is 207 Å². The maximum Gasteiger partial charge on any atom is 0.360 e. The van der Waals surface area contributed by atoms with Crippen LogP contribution in [0.1, 0.15) is 64.9 Å². The van der Waals surface area contributed by atoms with Gasteiger partial charge in [-0.1, -0.05) is 58.1 Å². The summed E-state index contributed by atoms with van der Waals surface area (Å²) in [7, 11) is 0. The van der Waals surface area contributed by atoms with Crippen LogP contribution in [0.2, 0.25) is 0 Å². The number of nitrogens with one attached hydrogen (secondary N) is 2. The summed E-state index contributed by atoms with van der Waals surface area (Å²) in [5, 5.41) is 12.7. The zero-order valence-corrected chi connectivity index (χ0v) is 21.2. The van der Waals surface area contributed by atoms with Crippen LogP contribution in [0.4, 0.5) is 15.3 Å². The highest BCUT2D eigenvalue weighted by Crippen LogP contribution is 2.23. The van der Waals surface area contributed by atoms with E-state index in [1.54, 1.807) is 24.3 Å². The van der Waals surface area contributed by atoms with E-state index in [2.05, 4.69) is 30.5 Å². The van der Waals surface area contributed by atoms with E-state index in [4.69, 9.17) is 5.73 Å².